The van der Waals surface area contributed by atoms with Gasteiger partial charge in [-0.1, -0.05) is 22.0 Å². The van der Waals surface area contributed by atoms with Crippen molar-refractivity contribution in [1.82, 2.24) is 19.9 Å². The maximum atomic E-state index is 12.8. The number of carbonyl (C=O) groups excluding carboxylic acids is 1. The molecular formula is C23H16BrN5O. The van der Waals surface area contributed by atoms with E-state index < -0.39 is 0 Å². The summed E-state index contributed by atoms with van der Waals surface area (Å²) in [6.45, 7) is 0. The molecule has 0 aliphatic heterocycles. The first-order valence-electron chi connectivity index (χ1n) is 9.33. The molecule has 0 saturated carbocycles. The summed E-state index contributed by atoms with van der Waals surface area (Å²) >= 11 is 3.42. The Morgan fingerprint density at radius 2 is 1.50 bits per heavy atom. The first-order valence-corrected chi connectivity index (χ1v) is 10.1. The number of benzene rings is 2. The van der Waals surface area contributed by atoms with E-state index in [1.54, 1.807) is 12.1 Å². The van der Waals surface area contributed by atoms with Crippen LogP contribution in [0.15, 0.2) is 83.6 Å². The van der Waals surface area contributed by atoms with Crippen molar-refractivity contribution >= 4 is 38.6 Å². The molecule has 3 aromatic heterocycles. The van der Waals surface area contributed by atoms with Gasteiger partial charge in [-0.05, 0) is 60.7 Å². The number of carbonyl (C=O) groups is 1. The van der Waals surface area contributed by atoms with Gasteiger partial charge >= 0.3 is 0 Å². The molecule has 6 nitrogen and oxygen atoms in total. The monoisotopic (exact) mass is 457 g/mol. The number of hydrogen-bond acceptors (Lipinski definition) is 3. The van der Waals surface area contributed by atoms with E-state index in [4.69, 9.17) is 9.97 Å². The number of H-pyrrole nitrogens is 2. The fourth-order valence-corrected chi connectivity index (χ4v) is 3.70. The molecule has 2 aromatic carbocycles. The topological polar surface area (TPSA) is 86.5 Å². The first kappa shape index (κ1) is 18.3. The molecule has 0 radical (unpaired) electrons. The Morgan fingerprint density at radius 1 is 0.800 bits per heavy atom. The molecule has 30 heavy (non-hydrogen) atoms. The normalized spacial score (nSPS) is 11.0. The molecule has 3 heterocycles. The van der Waals surface area contributed by atoms with E-state index in [9.17, 15) is 4.79 Å². The fraction of sp³-hybridized carbons (Fsp3) is 0. The first-order chi connectivity index (χ1) is 14.7. The van der Waals surface area contributed by atoms with Crippen LogP contribution in [0.25, 0.3) is 33.8 Å². The lowest BCUT2D eigenvalue weighted by molar-refractivity contribution is 0.102. The summed E-state index contributed by atoms with van der Waals surface area (Å²) in [6, 6.07) is 20.6. The molecule has 146 valence electrons. The Balaban J connectivity index is 1.57. The molecule has 3 N–H and O–H groups in total. The Bertz CT molecular complexity index is 1340. The maximum Gasteiger partial charge on any atom is 0.255 e. The van der Waals surface area contributed by atoms with E-state index >= 15 is 0 Å². The molecule has 0 spiro atoms. The molecule has 0 atom stereocenters. The average molecular weight is 458 g/mol. The van der Waals surface area contributed by atoms with Gasteiger partial charge in [0.2, 0.25) is 0 Å². The number of halogens is 1. The summed E-state index contributed by atoms with van der Waals surface area (Å²) in [5.41, 5.74) is 5.81. The number of fused-ring (bicyclic) bond motifs is 1. The zero-order valence-electron chi connectivity index (χ0n) is 15.7. The fourth-order valence-electron chi connectivity index (χ4n) is 3.30. The Morgan fingerprint density at radius 3 is 2.13 bits per heavy atom. The van der Waals surface area contributed by atoms with Crippen LogP contribution in [-0.2, 0) is 0 Å². The molecule has 0 fully saturated rings. The number of amides is 1. The van der Waals surface area contributed by atoms with Crippen molar-refractivity contribution in [3.8, 4) is 22.8 Å². The predicted molar refractivity (Wildman–Crippen MR) is 121 cm³/mol. The summed E-state index contributed by atoms with van der Waals surface area (Å²) < 4.78 is 0.900. The van der Waals surface area contributed by atoms with Crippen LogP contribution >= 0.6 is 15.9 Å². The SMILES string of the molecule is O=C(Nc1cccc(Br)c1)c1ccc2nc(-c3ccc[nH]3)c(-c3ccc[nH]3)nc2c1. The van der Waals surface area contributed by atoms with E-state index in [0.717, 1.165) is 32.9 Å². The van der Waals surface area contributed by atoms with Gasteiger partial charge in [-0.25, -0.2) is 9.97 Å². The number of nitrogens with zero attached hydrogens (tertiary/aromatic N) is 2. The zero-order chi connectivity index (χ0) is 20.5. The highest BCUT2D eigenvalue weighted by atomic mass is 79.9. The van der Waals surface area contributed by atoms with Gasteiger partial charge in [0.1, 0.15) is 11.4 Å². The van der Waals surface area contributed by atoms with Crippen LogP contribution in [0.5, 0.6) is 0 Å². The Labute approximate surface area is 180 Å². The highest BCUT2D eigenvalue weighted by Gasteiger charge is 2.16. The third-order valence-electron chi connectivity index (χ3n) is 4.72. The van der Waals surface area contributed by atoms with E-state index in [0.29, 0.717) is 16.6 Å². The minimum absolute atomic E-state index is 0.202. The van der Waals surface area contributed by atoms with Crippen molar-refractivity contribution in [2.75, 3.05) is 5.32 Å². The number of nitrogens with one attached hydrogen (secondary N) is 3. The molecule has 0 bridgehead atoms. The minimum atomic E-state index is -0.202. The predicted octanol–water partition coefficient (Wildman–Crippen LogP) is 5.63. The summed E-state index contributed by atoms with van der Waals surface area (Å²) in [5.74, 6) is -0.202. The summed E-state index contributed by atoms with van der Waals surface area (Å²) in [5, 5.41) is 2.91. The van der Waals surface area contributed by atoms with Crippen LogP contribution in [0.1, 0.15) is 10.4 Å². The molecule has 0 aliphatic rings. The Hall–Kier alpha value is -3.71. The number of aromatic nitrogens is 4. The molecule has 0 unspecified atom stereocenters. The van der Waals surface area contributed by atoms with Crippen molar-refractivity contribution in [2.24, 2.45) is 0 Å². The molecule has 5 aromatic rings. The van der Waals surface area contributed by atoms with Crippen LogP contribution in [0, 0.1) is 0 Å². The van der Waals surface area contributed by atoms with E-state index in [2.05, 4.69) is 31.2 Å². The van der Waals surface area contributed by atoms with Crippen LogP contribution < -0.4 is 5.32 Å². The van der Waals surface area contributed by atoms with Crippen molar-refractivity contribution in [3.63, 3.8) is 0 Å². The second-order valence-corrected chi connectivity index (χ2v) is 7.67. The van der Waals surface area contributed by atoms with Crippen LogP contribution in [-0.4, -0.2) is 25.8 Å². The number of aromatic amines is 2. The molecule has 7 heteroatoms. The lowest BCUT2D eigenvalue weighted by Crippen LogP contribution is -2.12. The summed E-state index contributed by atoms with van der Waals surface area (Å²) in [4.78, 5) is 28.8. The summed E-state index contributed by atoms with van der Waals surface area (Å²) in [6.07, 6.45) is 3.70. The van der Waals surface area contributed by atoms with Gasteiger partial charge in [0.15, 0.2) is 0 Å². The van der Waals surface area contributed by atoms with E-state index in [1.807, 2.05) is 67.0 Å². The van der Waals surface area contributed by atoms with Crippen LogP contribution in [0.3, 0.4) is 0 Å². The van der Waals surface area contributed by atoms with Gasteiger partial charge < -0.3 is 15.3 Å². The molecular weight excluding hydrogens is 442 g/mol. The van der Waals surface area contributed by atoms with Gasteiger partial charge in [0, 0.05) is 28.1 Å². The second-order valence-electron chi connectivity index (χ2n) is 6.76. The summed E-state index contributed by atoms with van der Waals surface area (Å²) in [7, 11) is 0. The molecule has 1 amide bonds. The minimum Gasteiger partial charge on any atom is -0.360 e. The van der Waals surface area contributed by atoms with Crippen LogP contribution in [0.4, 0.5) is 5.69 Å². The van der Waals surface area contributed by atoms with Gasteiger partial charge in [0.25, 0.3) is 5.91 Å². The van der Waals surface area contributed by atoms with Crippen molar-refractivity contribution in [2.45, 2.75) is 0 Å². The van der Waals surface area contributed by atoms with Crippen molar-refractivity contribution < 1.29 is 4.79 Å². The number of hydrogen-bond donors (Lipinski definition) is 3. The van der Waals surface area contributed by atoms with Gasteiger partial charge in [-0.15, -0.1) is 0 Å². The standard InChI is InChI=1S/C23H16BrN5O/c24-15-4-1-5-16(13-15)27-23(30)14-8-9-17-20(12-14)29-22(19-7-3-11-26-19)21(28-17)18-6-2-10-25-18/h1-13,25-26H,(H,27,30). The van der Waals surface area contributed by atoms with Crippen LogP contribution in [0.2, 0.25) is 0 Å². The molecule has 0 saturated heterocycles. The largest absolute Gasteiger partial charge is 0.360 e. The van der Waals surface area contributed by atoms with Crippen molar-refractivity contribution in [1.29, 1.82) is 0 Å². The quantitative estimate of drug-likeness (QED) is 0.326. The third-order valence-corrected chi connectivity index (χ3v) is 5.21. The van der Waals surface area contributed by atoms with Gasteiger partial charge in [-0.2, -0.15) is 0 Å². The lowest BCUT2D eigenvalue weighted by atomic mass is 10.1. The smallest absolute Gasteiger partial charge is 0.255 e. The highest BCUT2D eigenvalue weighted by Crippen LogP contribution is 2.29. The number of rotatable bonds is 4. The van der Waals surface area contributed by atoms with E-state index in [-0.39, 0.29) is 5.91 Å². The van der Waals surface area contributed by atoms with Gasteiger partial charge in [-0.3, -0.25) is 4.79 Å². The number of anilines is 1. The lowest BCUT2D eigenvalue weighted by Gasteiger charge is -2.10. The second kappa shape index (κ2) is 7.61. The average Bonchev–Trinajstić information content (AvgIpc) is 3.46. The van der Waals surface area contributed by atoms with Crippen molar-refractivity contribution in [3.05, 3.63) is 89.2 Å². The maximum absolute atomic E-state index is 12.8. The van der Waals surface area contributed by atoms with Gasteiger partial charge in [0.05, 0.1) is 22.4 Å². The Kier molecular flexibility index (Phi) is 4.65. The molecule has 0 aliphatic carbocycles. The third kappa shape index (κ3) is 3.51. The zero-order valence-corrected chi connectivity index (χ0v) is 17.3. The highest BCUT2D eigenvalue weighted by molar-refractivity contribution is 9.10. The molecule has 5 rings (SSSR count). The van der Waals surface area contributed by atoms with E-state index in [1.165, 1.54) is 0 Å².